The molecule has 0 bridgehead atoms. The second-order valence-corrected chi connectivity index (χ2v) is 29.2. The SMILES string of the molecule is CCCCCCCCCCCCCCCCCCCCC(=O)OCCCCCCCCCCCCCCCCCCCCCCCCCCCCCCCCCCCCCCCC(=O)NC(CO)C(O)CCCCCCCCCCCCCCCCCCC. The van der Waals surface area contributed by atoms with Crippen molar-refractivity contribution in [3.8, 4) is 0 Å². The number of aliphatic hydroxyl groups is 2. The van der Waals surface area contributed by atoms with Crippen LogP contribution in [0, 0.1) is 0 Å². The first kappa shape index (κ1) is 87.9. The van der Waals surface area contributed by atoms with Gasteiger partial charge < -0.3 is 20.3 Å². The van der Waals surface area contributed by atoms with Gasteiger partial charge in [0.05, 0.1) is 25.4 Å². The molecule has 6 heteroatoms. The van der Waals surface area contributed by atoms with E-state index < -0.39 is 12.1 Å². The summed E-state index contributed by atoms with van der Waals surface area (Å²) in [5.41, 5.74) is 0. The zero-order chi connectivity index (χ0) is 64.2. The molecule has 0 saturated carbocycles. The Labute approximate surface area is 559 Å². The minimum absolute atomic E-state index is 0.0240. The van der Waals surface area contributed by atoms with Gasteiger partial charge in [0.25, 0.3) is 0 Å². The van der Waals surface area contributed by atoms with Gasteiger partial charge in [0.2, 0.25) is 5.91 Å². The predicted octanol–water partition coefficient (Wildman–Crippen LogP) is 27.7. The molecule has 1 amide bonds. The van der Waals surface area contributed by atoms with E-state index in [1.807, 2.05) is 0 Å². The molecule has 0 heterocycles. The molecule has 0 aromatic heterocycles. The molecule has 532 valence electrons. The van der Waals surface area contributed by atoms with Crippen LogP contribution in [0.25, 0.3) is 0 Å². The summed E-state index contributed by atoms with van der Waals surface area (Å²) in [5.74, 6) is 0.00535. The van der Waals surface area contributed by atoms with Crippen molar-refractivity contribution in [1.29, 1.82) is 0 Å². The fourth-order valence-electron chi connectivity index (χ4n) is 13.8. The van der Waals surface area contributed by atoms with Crippen molar-refractivity contribution in [2.75, 3.05) is 13.2 Å². The second kappa shape index (κ2) is 79.3. The van der Waals surface area contributed by atoms with E-state index in [4.69, 9.17) is 4.74 Å². The number of nitrogens with one attached hydrogen (secondary N) is 1. The number of carbonyl (C=O) groups excluding carboxylic acids is 2. The third-order valence-electron chi connectivity index (χ3n) is 20.2. The molecular weight excluding hydrogens is 1090 g/mol. The molecule has 0 aliphatic rings. The van der Waals surface area contributed by atoms with E-state index in [2.05, 4.69) is 19.2 Å². The third-order valence-corrected chi connectivity index (χ3v) is 20.2. The second-order valence-electron chi connectivity index (χ2n) is 29.2. The molecule has 0 aromatic rings. The van der Waals surface area contributed by atoms with Gasteiger partial charge in [-0.05, 0) is 25.7 Å². The fraction of sp³-hybridized carbons (Fsp3) is 0.976. The lowest BCUT2D eigenvalue weighted by Crippen LogP contribution is -2.45. The predicted molar refractivity (Wildman–Crippen MR) is 394 cm³/mol. The van der Waals surface area contributed by atoms with E-state index in [1.165, 1.54) is 424 Å². The smallest absolute Gasteiger partial charge is 0.305 e. The molecular formula is C83H165NO5. The van der Waals surface area contributed by atoms with E-state index in [0.717, 1.165) is 38.5 Å². The van der Waals surface area contributed by atoms with Crippen LogP contribution in [0.2, 0.25) is 0 Å². The van der Waals surface area contributed by atoms with Crippen LogP contribution < -0.4 is 5.32 Å². The fourth-order valence-corrected chi connectivity index (χ4v) is 13.8. The van der Waals surface area contributed by atoms with Crippen molar-refractivity contribution in [2.45, 2.75) is 508 Å². The summed E-state index contributed by atoms with van der Waals surface area (Å²) in [6, 6.07) is -0.536. The van der Waals surface area contributed by atoms with Gasteiger partial charge in [0.1, 0.15) is 0 Å². The Morgan fingerprint density at radius 1 is 0.270 bits per heavy atom. The molecule has 2 unspecified atom stereocenters. The van der Waals surface area contributed by atoms with Crippen LogP contribution in [0.3, 0.4) is 0 Å². The molecule has 0 saturated heterocycles. The average Bonchev–Trinajstić information content (AvgIpc) is 3.67. The van der Waals surface area contributed by atoms with Crippen LogP contribution in [0.4, 0.5) is 0 Å². The highest BCUT2D eigenvalue weighted by Gasteiger charge is 2.20. The molecule has 0 aliphatic carbocycles. The highest BCUT2D eigenvalue weighted by molar-refractivity contribution is 5.76. The molecule has 0 fully saturated rings. The Morgan fingerprint density at radius 3 is 0.685 bits per heavy atom. The minimum atomic E-state index is -0.660. The summed E-state index contributed by atoms with van der Waals surface area (Å²) < 4.78 is 5.52. The number of rotatable bonds is 80. The van der Waals surface area contributed by atoms with Crippen LogP contribution in [0.5, 0.6) is 0 Å². The number of hydrogen-bond acceptors (Lipinski definition) is 5. The van der Waals surface area contributed by atoms with Crippen LogP contribution in [-0.2, 0) is 14.3 Å². The molecule has 0 rings (SSSR count). The Hall–Kier alpha value is -1.14. The topological polar surface area (TPSA) is 95.9 Å². The number of carbonyl (C=O) groups is 2. The molecule has 2 atom stereocenters. The Morgan fingerprint density at radius 2 is 0.461 bits per heavy atom. The van der Waals surface area contributed by atoms with Crippen LogP contribution in [0.1, 0.15) is 495 Å². The Balaban J connectivity index is 3.28. The van der Waals surface area contributed by atoms with Crippen molar-refractivity contribution in [3.05, 3.63) is 0 Å². The average molecular weight is 1260 g/mol. The van der Waals surface area contributed by atoms with Crippen molar-refractivity contribution < 1.29 is 24.5 Å². The summed E-state index contributed by atoms with van der Waals surface area (Å²) >= 11 is 0. The lowest BCUT2D eigenvalue weighted by molar-refractivity contribution is -0.143. The van der Waals surface area contributed by atoms with E-state index in [9.17, 15) is 19.8 Å². The van der Waals surface area contributed by atoms with Gasteiger partial charge in [-0.15, -0.1) is 0 Å². The first-order valence-electron chi connectivity index (χ1n) is 41.8. The van der Waals surface area contributed by atoms with Gasteiger partial charge >= 0.3 is 5.97 Å². The largest absolute Gasteiger partial charge is 0.466 e. The third kappa shape index (κ3) is 75.8. The number of ether oxygens (including phenoxy) is 1. The summed E-state index contributed by atoms with van der Waals surface area (Å²) in [7, 11) is 0. The quantitative estimate of drug-likeness (QED) is 0.0417. The molecule has 0 radical (unpaired) electrons. The van der Waals surface area contributed by atoms with Gasteiger partial charge in [-0.1, -0.05) is 457 Å². The minimum Gasteiger partial charge on any atom is -0.466 e. The number of esters is 1. The van der Waals surface area contributed by atoms with Gasteiger partial charge in [0.15, 0.2) is 0 Å². The normalized spacial score (nSPS) is 12.4. The van der Waals surface area contributed by atoms with Gasteiger partial charge in [-0.25, -0.2) is 0 Å². The first-order chi connectivity index (χ1) is 44.0. The highest BCUT2D eigenvalue weighted by Crippen LogP contribution is 2.21. The van der Waals surface area contributed by atoms with E-state index in [0.29, 0.717) is 25.9 Å². The Bertz CT molecular complexity index is 1310. The maximum absolute atomic E-state index is 12.5. The summed E-state index contributed by atoms with van der Waals surface area (Å²) in [5, 5.41) is 23.4. The summed E-state index contributed by atoms with van der Waals surface area (Å²) in [6.07, 6.45) is 99.4. The number of amides is 1. The van der Waals surface area contributed by atoms with Crippen LogP contribution in [-0.4, -0.2) is 47.4 Å². The zero-order valence-corrected chi connectivity index (χ0v) is 61.2. The van der Waals surface area contributed by atoms with E-state index in [1.54, 1.807) is 0 Å². The molecule has 0 aromatic carbocycles. The van der Waals surface area contributed by atoms with Crippen molar-refractivity contribution in [2.24, 2.45) is 0 Å². The maximum Gasteiger partial charge on any atom is 0.305 e. The zero-order valence-electron chi connectivity index (χ0n) is 61.2. The molecule has 6 nitrogen and oxygen atoms in total. The molecule has 89 heavy (non-hydrogen) atoms. The van der Waals surface area contributed by atoms with Crippen molar-refractivity contribution in [1.82, 2.24) is 5.32 Å². The van der Waals surface area contributed by atoms with Gasteiger partial charge in [-0.2, -0.15) is 0 Å². The number of unbranched alkanes of at least 4 members (excludes halogenated alkanes) is 69. The van der Waals surface area contributed by atoms with Crippen molar-refractivity contribution >= 4 is 11.9 Å². The number of aliphatic hydroxyl groups excluding tert-OH is 2. The Kier molecular flexibility index (Phi) is 78.3. The lowest BCUT2D eigenvalue weighted by atomic mass is 10.0. The van der Waals surface area contributed by atoms with Gasteiger partial charge in [-0.3, -0.25) is 9.59 Å². The van der Waals surface area contributed by atoms with Crippen molar-refractivity contribution in [3.63, 3.8) is 0 Å². The van der Waals surface area contributed by atoms with Crippen LogP contribution >= 0.6 is 0 Å². The van der Waals surface area contributed by atoms with Crippen LogP contribution in [0.15, 0.2) is 0 Å². The first-order valence-corrected chi connectivity index (χ1v) is 41.8. The number of hydrogen-bond donors (Lipinski definition) is 3. The standard InChI is InChI=1S/C83H165NO5/c1-3-5-7-9-11-13-15-17-19-21-45-49-53-57-61-65-69-73-77-83(88)89-78-74-70-66-62-58-54-50-46-42-40-38-36-34-32-30-28-26-24-22-23-25-27-29-31-33-35-37-39-41-44-48-52-56-60-64-68-72-76-82(87)84-80(79-85)81(86)75-71-67-63-59-55-51-47-43-20-18-16-14-12-10-8-6-4-2/h80-81,85-86H,3-79H2,1-2H3,(H,84,87). The van der Waals surface area contributed by atoms with E-state index >= 15 is 0 Å². The molecule has 0 aliphatic heterocycles. The molecule has 3 N–H and O–H groups in total. The van der Waals surface area contributed by atoms with Gasteiger partial charge in [0, 0.05) is 12.8 Å². The molecule has 0 spiro atoms. The monoisotopic (exact) mass is 1260 g/mol. The van der Waals surface area contributed by atoms with E-state index in [-0.39, 0.29) is 18.5 Å². The highest BCUT2D eigenvalue weighted by atomic mass is 16.5. The maximum atomic E-state index is 12.5. The summed E-state index contributed by atoms with van der Waals surface area (Å²) in [6.45, 7) is 5.02. The lowest BCUT2D eigenvalue weighted by Gasteiger charge is -2.22. The summed E-state index contributed by atoms with van der Waals surface area (Å²) in [4.78, 5) is 24.7.